The first-order chi connectivity index (χ1) is 11.7. The summed E-state index contributed by atoms with van der Waals surface area (Å²) in [6, 6.07) is 17.6. The largest absolute Gasteiger partial charge is 0.758 e. The van der Waals surface area contributed by atoms with E-state index in [9.17, 15) is 10.1 Å². The molecule has 4 heteroatoms. The molecule has 4 rings (SSSR count). The molecule has 24 heavy (non-hydrogen) atoms. The van der Waals surface area contributed by atoms with E-state index >= 15 is 0 Å². The molecule has 1 saturated carbocycles. The van der Waals surface area contributed by atoms with Crippen molar-refractivity contribution in [3.05, 3.63) is 76.5 Å². The molecule has 0 unspecified atom stereocenters. The maximum Gasteiger partial charge on any atom is 0.244 e. The molecule has 0 aromatic heterocycles. The maximum atomic E-state index is 12.7. The van der Waals surface area contributed by atoms with E-state index in [2.05, 4.69) is 12.1 Å². The number of hydrogen-bond acceptors (Lipinski definition) is 3. The van der Waals surface area contributed by atoms with Gasteiger partial charge in [0, 0.05) is 21.7 Å². The van der Waals surface area contributed by atoms with Crippen LogP contribution >= 0.6 is 0 Å². The maximum absolute atomic E-state index is 12.7. The lowest BCUT2D eigenvalue weighted by molar-refractivity contribution is -0.536. The molecule has 0 saturated heterocycles. The van der Waals surface area contributed by atoms with Crippen LogP contribution in [0.1, 0.15) is 31.2 Å². The fraction of sp³-hybridized carbons (Fsp3) is 0.300. The molecule has 2 aromatic carbocycles. The molecule has 2 atom stereocenters. The van der Waals surface area contributed by atoms with Crippen molar-refractivity contribution in [1.29, 1.82) is 0 Å². The first-order valence-electron chi connectivity index (χ1n) is 8.53. The van der Waals surface area contributed by atoms with E-state index in [1.54, 1.807) is 0 Å². The molecule has 0 amide bonds. The predicted octanol–water partition coefficient (Wildman–Crippen LogP) is 4.56. The predicted molar refractivity (Wildman–Crippen MR) is 94.7 cm³/mol. The average Bonchev–Trinajstić information content (AvgIpc) is 2.66. The Morgan fingerprint density at radius 2 is 1.50 bits per heavy atom. The van der Waals surface area contributed by atoms with Crippen molar-refractivity contribution >= 4 is 5.70 Å². The van der Waals surface area contributed by atoms with Gasteiger partial charge in [-0.25, -0.2) is 0 Å². The van der Waals surface area contributed by atoms with Crippen LogP contribution in [0.15, 0.2) is 60.8 Å². The first kappa shape index (κ1) is 15.1. The highest BCUT2D eigenvalue weighted by Crippen LogP contribution is 2.35. The highest BCUT2D eigenvalue weighted by atomic mass is 16.5. The van der Waals surface area contributed by atoms with Gasteiger partial charge in [-0.05, 0) is 24.0 Å². The number of hydrogen-bond donors (Lipinski definition) is 0. The van der Waals surface area contributed by atoms with Gasteiger partial charge in [0.05, 0.1) is 6.04 Å². The summed E-state index contributed by atoms with van der Waals surface area (Å²) in [5.41, 5.74) is 3.52. The Morgan fingerprint density at radius 3 is 2.25 bits per heavy atom. The molecule has 0 radical (unpaired) electrons. The van der Waals surface area contributed by atoms with E-state index in [4.69, 9.17) is 0 Å². The van der Waals surface area contributed by atoms with Crippen molar-refractivity contribution < 1.29 is 4.76 Å². The molecule has 1 heterocycles. The minimum atomic E-state index is -0.218. The van der Waals surface area contributed by atoms with Gasteiger partial charge in [0.15, 0.2) is 0 Å². The Morgan fingerprint density at radius 1 is 0.875 bits per heavy atom. The van der Waals surface area contributed by atoms with Crippen molar-refractivity contribution in [2.45, 2.75) is 37.8 Å². The molecule has 0 N–H and O–H groups in total. The van der Waals surface area contributed by atoms with Crippen LogP contribution in [0.2, 0.25) is 0 Å². The van der Waals surface area contributed by atoms with E-state index in [0.717, 1.165) is 52.2 Å². The van der Waals surface area contributed by atoms with E-state index in [0.29, 0.717) is 5.70 Å². The third kappa shape index (κ3) is 2.63. The molecule has 1 fully saturated rings. The molecular formula is C20H20N2O2. The van der Waals surface area contributed by atoms with Gasteiger partial charge >= 0.3 is 0 Å². The summed E-state index contributed by atoms with van der Waals surface area (Å²) in [5, 5.41) is 13.8. The summed E-state index contributed by atoms with van der Waals surface area (Å²) in [7, 11) is 0. The lowest BCUT2D eigenvalue weighted by Crippen LogP contribution is -2.49. The average molecular weight is 320 g/mol. The third-order valence-electron chi connectivity index (χ3n) is 5.10. The van der Waals surface area contributed by atoms with E-state index < -0.39 is 0 Å². The van der Waals surface area contributed by atoms with Crippen LogP contribution in [0.4, 0.5) is 0 Å². The normalized spacial score (nSPS) is 23.6. The number of nitroso groups, excluding NO2 is 1. The smallest absolute Gasteiger partial charge is 0.244 e. The molecular weight excluding hydrogens is 300 g/mol. The zero-order valence-electron chi connectivity index (χ0n) is 13.5. The minimum absolute atomic E-state index is 0.191. The molecule has 2 aliphatic rings. The highest BCUT2D eigenvalue weighted by molar-refractivity contribution is 5.69. The fourth-order valence-corrected chi connectivity index (χ4v) is 3.78. The van der Waals surface area contributed by atoms with E-state index in [-0.39, 0.29) is 12.1 Å². The summed E-state index contributed by atoms with van der Waals surface area (Å²) >= 11 is 0. The monoisotopic (exact) mass is 320 g/mol. The Bertz CT molecular complexity index is 768. The topological polar surface area (TPSA) is 46.4 Å². The summed E-state index contributed by atoms with van der Waals surface area (Å²) in [6.07, 6.45) is 5.13. The zero-order chi connectivity index (χ0) is 16.5. The molecule has 0 spiro atoms. The fourth-order valence-electron chi connectivity index (χ4n) is 3.78. The molecule has 0 bridgehead atoms. The standard InChI is InChI=1S/C20H20N2O2/c23-21-14-20(22(24)19-9-5-4-8-18(19)21)17-12-10-16(11-13-17)15-6-2-1-3-7-15/h1-3,6-7,10-14,18-19H,4-5,8-9H2/t18-,19-/m0/s1. The van der Waals surface area contributed by atoms with Crippen LogP contribution in [0.5, 0.6) is 0 Å². The van der Waals surface area contributed by atoms with E-state index in [1.807, 2.05) is 42.5 Å². The summed E-state index contributed by atoms with van der Waals surface area (Å²) in [5.74, 6) is 0. The Hall–Kier alpha value is -2.46. The van der Waals surface area contributed by atoms with E-state index in [1.165, 1.54) is 6.20 Å². The van der Waals surface area contributed by atoms with Gasteiger partial charge in [-0.3, -0.25) is 0 Å². The number of rotatable bonds is 2. The van der Waals surface area contributed by atoms with Crippen molar-refractivity contribution in [3.63, 3.8) is 0 Å². The quantitative estimate of drug-likeness (QED) is 0.762. The first-order valence-corrected chi connectivity index (χ1v) is 8.53. The minimum Gasteiger partial charge on any atom is -0.758 e. The Balaban J connectivity index is 1.64. The molecule has 4 nitrogen and oxygen atoms in total. The van der Waals surface area contributed by atoms with Gasteiger partial charge in [-0.2, -0.15) is 0 Å². The van der Waals surface area contributed by atoms with Gasteiger partial charge < -0.3 is 10.3 Å². The van der Waals surface area contributed by atoms with Crippen LogP contribution in [-0.2, 0) is 0 Å². The molecule has 1 aliphatic carbocycles. The van der Waals surface area contributed by atoms with Crippen LogP contribution in [-0.4, -0.2) is 21.9 Å². The van der Waals surface area contributed by atoms with Gasteiger partial charge in [-0.15, -0.1) is 0 Å². The SMILES string of the molecule is O=[N+]1C=C(c2ccc(-c3ccccc3)cc2)N([O-])[C@H]2CCCC[C@@H]21. The number of fused-ring (bicyclic) bond motifs is 1. The lowest BCUT2D eigenvalue weighted by atomic mass is 9.88. The summed E-state index contributed by atoms with van der Waals surface area (Å²) < 4.78 is 0.999. The number of nitrogens with zero attached hydrogens (tertiary/aromatic N) is 2. The van der Waals surface area contributed by atoms with Gasteiger partial charge in [0.1, 0.15) is 5.70 Å². The molecule has 2 aromatic rings. The van der Waals surface area contributed by atoms with Crippen LogP contribution in [0.25, 0.3) is 16.8 Å². The van der Waals surface area contributed by atoms with Crippen LogP contribution in [0.3, 0.4) is 0 Å². The second-order valence-corrected chi connectivity index (χ2v) is 6.56. The number of hydroxylamine groups is 2. The molecule has 1 aliphatic heterocycles. The van der Waals surface area contributed by atoms with Crippen molar-refractivity contribution in [2.75, 3.05) is 0 Å². The Labute approximate surface area is 141 Å². The third-order valence-corrected chi connectivity index (χ3v) is 5.10. The van der Waals surface area contributed by atoms with Crippen molar-refractivity contribution in [3.8, 4) is 11.1 Å². The highest BCUT2D eigenvalue weighted by Gasteiger charge is 2.41. The number of benzene rings is 2. The summed E-state index contributed by atoms with van der Waals surface area (Å²) in [6.45, 7) is 0. The second-order valence-electron chi connectivity index (χ2n) is 6.56. The van der Waals surface area contributed by atoms with Crippen molar-refractivity contribution in [1.82, 2.24) is 5.06 Å². The van der Waals surface area contributed by atoms with Crippen LogP contribution in [0, 0.1) is 10.1 Å². The van der Waals surface area contributed by atoms with Gasteiger partial charge in [0.25, 0.3) is 0 Å². The summed E-state index contributed by atoms with van der Waals surface area (Å²) in [4.78, 5) is 12.3. The molecule has 122 valence electrons. The second kappa shape index (κ2) is 6.21. The lowest BCUT2D eigenvalue weighted by Gasteiger charge is -2.44. The van der Waals surface area contributed by atoms with Crippen LogP contribution < -0.4 is 0 Å². The van der Waals surface area contributed by atoms with Crippen molar-refractivity contribution in [2.24, 2.45) is 0 Å². The van der Waals surface area contributed by atoms with Gasteiger partial charge in [0.2, 0.25) is 12.2 Å². The Kier molecular flexibility index (Phi) is 3.90. The zero-order valence-corrected chi connectivity index (χ0v) is 13.5. The van der Waals surface area contributed by atoms with Gasteiger partial charge in [-0.1, -0.05) is 61.0 Å².